The summed E-state index contributed by atoms with van der Waals surface area (Å²) in [7, 11) is -3.38. The molecule has 1 unspecified atom stereocenters. The average molecular weight is 277 g/mol. The third kappa shape index (κ3) is 6.63. The van der Waals surface area contributed by atoms with E-state index in [0.29, 0.717) is 11.6 Å². The summed E-state index contributed by atoms with van der Waals surface area (Å²) < 4.78 is 21.5. The molecule has 0 heterocycles. The Balaban J connectivity index is 2.34. The van der Waals surface area contributed by atoms with E-state index in [4.69, 9.17) is 16.7 Å². The smallest absolute Gasteiger partial charge is 0.210 e. The monoisotopic (exact) mass is 276 g/mol. The molecule has 0 aliphatic heterocycles. The molecule has 6 heteroatoms. The van der Waals surface area contributed by atoms with Crippen molar-refractivity contribution in [1.82, 2.24) is 5.32 Å². The molecule has 1 atom stereocenters. The van der Waals surface area contributed by atoms with Crippen LogP contribution in [0.25, 0.3) is 0 Å². The average Bonchev–Trinajstić information content (AvgIpc) is 2.19. The number of nitrogens with two attached hydrogens (primary N) is 1. The number of sulfonamides is 1. The zero-order valence-corrected chi connectivity index (χ0v) is 11.3. The number of hydrogen-bond acceptors (Lipinski definition) is 3. The normalized spacial score (nSPS) is 13.6. The minimum Gasteiger partial charge on any atom is -0.313 e. The van der Waals surface area contributed by atoms with Gasteiger partial charge < -0.3 is 5.32 Å². The summed E-state index contributed by atoms with van der Waals surface area (Å²) in [6.45, 7) is 2.37. The van der Waals surface area contributed by atoms with Crippen LogP contribution in [0.5, 0.6) is 0 Å². The number of hydrogen-bond donors (Lipinski definition) is 2. The summed E-state index contributed by atoms with van der Waals surface area (Å²) in [5.74, 6) is -0.0437. The van der Waals surface area contributed by atoms with E-state index in [-0.39, 0.29) is 11.8 Å². The number of halogens is 1. The second-order valence-corrected chi connectivity index (χ2v) is 6.22. The fraction of sp³-hybridized carbons (Fsp3) is 0.455. The molecule has 4 nitrogen and oxygen atoms in total. The van der Waals surface area contributed by atoms with Crippen LogP contribution in [-0.2, 0) is 16.4 Å². The fourth-order valence-corrected chi connectivity index (χ4v) is 2.02. The Morgan fingerprint density at radius 1 is 1.35 bits per heavy atom. The van der Waals surface area contributed by atoms with E-state index in [1.54, 1.807) is 0 Å². The highest BCUT2D eigenvalue weighted by molar-refractivity contribution is 7.89. The number of benzene rings is 1. The minimum atomic E-state index is -3.38. The lowest BCUT2D eigenvalue weighted by Gasteiger charge is -2.13. The third-order valence-electron chi connectivity index (χ3n) is 2.33. The molecular weight excluding hydrogens is 260 g/mol. The number of primary sulfonamides is 1. The van der Waals surface area contributed by atoms with Gasteiger partial charge in [0.05, 0.1) is 5.75 Å². The molecule has 0 saturated heterocycles. The molecule has 3 N–H and O–H groups in total. The molecule has 1 aromatic carbocycles. The Hall–Kier alpha value is -0.620. The summed E-state index contributed by atoms with van der Waals surface area (Å²) in [4.78, 5) is 0. The highest BCUT2D eigenvalue weighted by Crippen LogP contribution is 2.10. The van der Waals surface area contributed by atoms with Gasteiger partial charge in [0.15, 0.2) is 0 Å². The Morgan fingerprint density at radius 3 is 2.47 bits per heavy atom. The van der Waals surface area contributed by atoms with Gasteiger partial charge in [0.25, 0.3) is 0 Å². The predicted molar refractivity (Wildman–Crippen MR) is 70.6 cm³/mol. The highest BCUT2D eigenvalue weighted by Gasteiger charge is 2.06. The van der Waals surface area contributed by atoms with Crippen molar-refractivity contribution in [2.24, 2.45) is 5.14 Å². The van der Waals surface area contributed by atoms with Gasteiger partial charge in [-0.15, -0.1) is 0 Å². The van der Waals surface area contributed by atoms with Crippen molar-refractivity contribution < 1.29 is 8.42 Å². The molecule has 1 aromatic rings. The van der Waals surface area contributed by atoms with Gasteiger partial charge in [0.1, 0.15) is 0 Å². The maximum Gasteiger partial charge on any atom is 0.210 e. The quantitative estimate of drug-likeness (QED) is 0.819. The summed E-state index contributed by atoms with van der Waals surface area (Å²) in [6.07, 6.45) is 0.821. The van der Waals surface area contributed by atoms with E-state index in [1.807, 2.05) is 31.2 Å². The molecule has 0 aliphatic carbocycles. The summed E-state index contributed by atoms with van der Waals surface area (Å²) in [5.41, 5.74) is 1.16. The lowest BCUT2D eigenvalue weighted by Crippen LogP contribution is -2.34. The van der Waals surface area contributed by atoms with Crippen LogP contribution in [0.3, 0.4) is 0 Å². The molecule has 0 fully saturated rings. The Bertz CT molecular complexity index is 445. The first-order chi connectivity index (χ1) is 7.87. The van der Waals surface area contributed by atoms with Gasteiger partial charge in [-0.2, -0.15) is 0 Å². The highest BCUT2D eigenvalue weighted by atomic mass is 35.5. The zero-order valence-electron chi connectivity index (χ0n) is 9.69. The van der Waals surface area contributed by atoms with Crippen LogP contribution >= 0.6 is 11.6 Å². The van der Waals surface area contributed by atoms with Crippen molar-refractivity contribution in [3.05, 3.63) is 34.9 Å². The van der Waals surface area contributed by atoms with Crippen LogP contribution < -0.4 is 10.5 Å². The topological polar surface area (TPSA) is 72.2 Å². The van der Waals surface area contributed by atoms with Gasteiger partial charge in [-0.1, -0.05) is 23.7 Å². The van der Waals surface area contributed by atoms with Crippen LogP contribution in [0, 0.1) is 0 Å². The Labute approximate surface area is 107 Å². The van der Waals surface area contributed by atoms with Crippen molar-refractivity contribution >= 4 is 21.6 Å². The van der Waals surface area contributed by atoms with Crippen LogP contribution in [0.15, 0.2) is 24.3 Å². The molecular formula is C11H17ClN2O2S. The fourth-order valence-electron chi connectivity index (χ4n) is 1.49. The van der Waals surface area contributed by atoms with E-state index in [2.05, 4.69) is 5.32 Å². The molecule has 17 heavy (non-hydrogen) atoms. The largest absolute Gasteiger partial charge is 0.313 e. The van der Waals surface area contributed by atoms with Crippen molar-refractivity contribution in [3.8, 4) is 0 Å². The van der Waals surface area contributed by atoms with Gasteiger partial charge in [0.2, 0.25) is 10.0 Å². The zero-order chi connectivity index (χ0) is 12.9. The van der Waals surface area contributed by atoms with E-state index < -0.39 is 10.0 Å². The van der Waals surface area contributed by atoms with Crippen LogP contribution in [0.2, 0.25) is 5.02 Å². The standard InChI is InChI=1S/C11H17ClN2O2S/c1-9(14-6-7-17(13,15)16)8-10-2-4-11(12)5-3-10/h2-5,9,14H,6-8H2,1H3,(H2,13,15,16). The van der Waals surface area contributed by atoms with Crippen molar-refractivity contribution in [1.29, 1.82) is 0 Å². The van der Waals surface area contributed by atoms with E-state index in [1.165, 1.54) is 0 Å². The van der Waals surface area contributed by atoms with Gasteiger partial charge in [0, 0.05) is 17.6 Å². The molecule has 0 aliphatic rings. The van der Waals surface area contributed by atoms with E-state index >= 15 is 0 Å². The second kappa shape index (κ2) is 6.35. The lowest BCUT2D eigenvalue weighted by atomic mass is 10.1. The number of rotatable bonds is 6. The summed E-state index contributed by atoms with van der Waals surface area (Å²) in [5, 5.41) is 8.73. The first-order valence-corrected chi connectivity index (χ1v) is 7.44. The van der Waals surface area contributed by atoms with E-state index in [9.17, 15) is 8.42 Å². The van der Waals surface area contributed by atoms with Gasteiger partial charge in [-0.3, -0.25) is 0 Å². The molecule has 1 rings (SSSR count). The molecule has 0 spiro atoms. The summed E-state index contributed by atoms with van der Waals surface area (Å²) in [6, 6.07) is 7.79. The van der Waals surface area contributed by atoms with Crippen LogP contribution in [0.1, 0.15) is 12.5 Å². The Kier molecular flexibility index (Phi) is 5.39. The maximum atomic E-state index is 10.7. The van der Waals surface area contributed by atoms with Gasteiger partial charge in [-0.05, 0) is 31.0 Å². The SMILES string of the molecule is CC(Cc1ccc(Cl)cc1)NCCS(N)(=O)=O. The maximum absolute atomic E-state index is 10.7. The predicted octanol–water partition coefficient (Wildman–Crippen LogP) is 1.15. The van der Waals surface area contributed by atoms with Crippen molar-refractivity contribution in [3.63, 3.8) is 0 Å². The van der Waals surface area contributed by atoms with Crippen LogP contribution in [0.4, 0.5) is 0 Å². The molecule has 0 radical (unpaired) electrons. The van der Waals surface area contributed by atoms with Crippen LogP contribution in [-0.4, -0.2) is 26.8 Å². The van der Waals surface area contributed by atoms with Crippen molar-refractivity contribution in [2.75, 3.05) is 12.3 Å². The molecule has 0 bridgehead atoms. The van der Waals surface area contributed by atoms with Gasteiger partial charge in [-0.25, -0.2) is 13.6 Å². The summed E-state index contributed by atoms with van der Waals surface area (Å²) >= 11 is 5.79. The molecule has 0 aromatic heterocycles. The third-order valence-corrected chi connectivity index (χ3v) is 3.36. The van der Waals surface area contributed by atoms with E-state index in [0.717, 1.165) is 12.0 Å². The van der Waals surface area contributed by atoms with Crippen molar-refractivity contribution in [2.45, 2.75) is 19.4 Å². The number of nitrogens with one attached hydrogen (secondary N) is 1. The van der Waals surface area contributed by atoms with Gasteiger partial charge >= 0.3 is 0 Å². The lowest BCUT2D eigenvalue weighted by molar-refractivity contribution is 0.554. The first-order valence-electron chi connectivity index (χ1n) is 5.35. The minimum absolute atomic E-state index is 0.0437. The Morgan fingerprint density at radius 2 is 1.94 bits per heavy atom. The second-order valence-electron chi connectivity index (χ2n) is 4.05. The first kappa shape index (κ1) is 14.4. The molecule has 96 valence electrons. The molecule has 0 saturated carbocycles. The molecule has 0 amide bonds.